The molecule has 2 unspecified atom stereocenters. The van der Waals surface area contributed by atoms with E-state index < -0.39 is 12.1 Å². The summed E-state index contributed by atoms with van der Waals surface area (Å²) in [6.45, 7) is 4.25. The Kier molecular flexibility index (Phi) is 40.9. The number of rotatable bonds is 40. The third-order valence-corrected chi connectivity index (χ3v) is 10.2. The Balaban J connectivity index is 3.50. The van der Waals surface area contributed by atoms with E-state index >= 15 is 0 Å². The van der Waals surface area contributed by atoms with Gasteiger partial charge in [0.05, 0.1) is 18.8 Å². The second kappa shape index (κ2) is 42.0. The molecule has 0 rings (SSSR count). The zero-order valence-corrected chi connectivity index (χ0v) is 33.7. The molecule has 0 saturated heterocycles. The SMILES string of the molecule is CC/C=C\C/C=C\C/C=C\CCCCCCCC(=O)NC(CO)C(O)CCCCCCCCCCCCCCCCCCCCCCCCC. The lowest BCUT2D eigenvalue weighted by molar-refractivity contribution is -0.123. The van der Waals surface area contributed by atoms with Crippen LogP contribution >= 0.6 is 0 Å². The molecule has 50 heavy (non-hydrogen) atoms. The molecule has 0 saturated carbocycles. The Morgan fingerprint density at radius 1 is 0.500 bits per heavy atom. The summed E-state index contributed by atoms with van der Waals surface area (Å²) in [5.41, 5.74) is 0. The monoisotopic (exact) mass is 702 g/mol. The van der Waals surface area contributed by atoms with Crippen LogP contribution in [0.5, 0.6) is 0 Å². The maximum absolute atomic E-state index is 12.4. The summed E-state index contributed by atoms with van der Waals surface area (Å²) in [7, 11) is 0. The molecule has 0 spiro atoms. The van der Waals surface area contributed by atoms with Gasteiger partial charge in [-0.1, -0.05) is 217 Å². The molecule has 294 valence electrons. The Morgan fingerprint density at radius 2 is 0.880 bits per heavy atom. The Bertz CT molecular complexity index is 760. The smallest absolute Gasteiger partial charge is 0.220 e. The van der Waals surface area contributed by atoms with Crippen LogP contribution in [0.25, 0.3) is 0 Å². The maximum Gasteiger partial charge on any atom is 0.220 e. The summed E-state index contributed by atoms with van der Waals surface area (Å²) in [5, 5.41) is 23.2. The molecule has 0 fully saturated rings. The first-order valence-corrected chi connectivity index (χ1v) is 22.2. The van der Waals surface area contributed by atoms with Gasteiger partial charge in [-0.2, -0.15) is 0 Å². The van der Waals surface area contributed by atoms with E-state index in [1.54, 1.807) is 0 Å². The Hall–Kier alpha value is -1.39. The molecule has 0 aromatic carbocycles. The highest BCUT2D eigenvalue weighted by atomic mass is 16.3. The molecule has 0 aliphatic heterocycles. The molecule has 0 aromatic heterocycles. The number of nitrogens with one attached hydrogen (secondary N) is 1. The normalized spacial score (nSPS) is 13.3. The van der Waals surface area contributed by atoms with Crippen LogP contribution in [0.4, 0.5) is 0 Å². The fourth-order valence-corrected chi connectivity index (χ4v) is 6.79. The van der Waals surface area contributed by atoms with Crippen molar-refractivity contribution in [1.29, 1.82) is 0 Å². The van der Waals surface area contributed by atoms with Gasteiger partial charge in [-0.3, -0.25) is 4.79 Å². The molecule has 0 heterocycles. The highest BCUT2D eigenvalue weighted by molar-refractivity contribution is 5.76. The summed E-state index contributed by atoms with van der Waals surface area (Å²) in [6, 6.07) is -0.545. The standard InChI is InChI=1S/C46H87NO3/c1-3-5-7-9-11-13-15-17-19-20-21-22-23-24-25-26-28-29-31-33-35-37-39-41-45(49)44(43-48)47-46(50)42-40-38-36-34-32-30-27-18-16-14-12-10-8-6-4-2/h6,8,12,14,18,27,44-45,48-49H,3-5,7,9-11,13,15-17,19-26,28-43H2,1-2H3,(H,47,50)/b8-6-,14-12-,27-18-. The summed E-state index contributed by atoms with van der Waals surface area (Å²) in [6.07, 6.45) is 55.1. The molecule has 4 heteroatoms. The van der Waals surface area contributed by atoms with E-state index in [1.807, 2.05) is 0 Å². The van der Waals surface area contributed by atoms with Gasteiger partial charge in [-0.15, -0.1) is 0 Å². The lowest BCUT2D eigenvalue weighted by Crippen LogP contribution is -2.45. The molecule has 1 amide bonds. The molecule has 4 nitrogen and oxygen atoms in total. The van der Waals surface area contributed by atoms with E-state index in [0.29, 0.717) is 12.8 Å². The van der Waals surface area contributed by atoms with Gasteiger partial charge in [0.2, 0.25) is 5.91 Å². The number of allylic oxidation sites excluding steroid dienone is 6. The van der Waals surface area contributed by atoms with Crippen LogP contribution in [0, 0.1) is 0 Å². The van der Waals surface area contributed by atoms with Crippen LogP contribution in [0.3, 0.4) is 0 Å². The van der Waals surface area contributed by atoms with Crippen molar-refractivity contribution in [2.45, 2.75) is 244 Å². The van der Waals surface area contributed by atoms with Crippen LogP contribution in [0.15, 0.2) is 36.5 Å². The van der Waals surface area contributed by atoms with Crippen molar-refractivity contribution in [2.75, 3.05) is 6.61 Å². The number of aliphatic hydroxyl groups is 2. The molecule has 0 bridgehead atoms. The van der Waals surface area contributed by atoms with E-state index in [1.165, 1.54) is 148 Å². The van der Waals surface area contributed by atoms with Crippen molar-refractivity contribution < 1.29 is 15.0 Å². The number of hydrogen-bond acceptors (Lipinski definition) is 3. The number of unbranched alkanes of at least 4 members (excludes halogenated alkanes) is 27. The van der Waals surface area contributed by atoms with Gasteiger partial charge >= 0.3 is 0 Å². The molecule has 0 aliphatic carbocycles. The number of amides is 1. The van der Waals surface area contributed by atoms with Crippen molar-refractivity contribution in [1.82, 2.24) is 5.32 Å². The van der Waals surface area contributed by atoms with Crippen molar-refractivity contribution in [3.05, 3.63) is 36.5 Å². The van der Waals surface area contributed by atoms with E-state index in [2.05, 4.69) is 55.6 Å². The summed E-state index contributed by atoms with van der Waals surface area (Å²) in [4.78, 5) is 12.4. The quantitative estimate of drug-likeness (QED) is 0.0440. The van der Waals surface area contributed by atoms with Crippen LogP contribution in [0.2, 0.25) is 0 Å². The minimum absolute atomic E-state index is 0.0476. The van der Waals surface area contributed by atoms with Crippen molar-refractivity contribution in [3.8, 4) is 0 Å². The minimum atomic E-state index is -0.666. The number of hydrogen-bond donors (Lipinski definition) is 3. The molecule has 3 N–H and O–H groups in total. The van der Waals surface area contributed by atoms with E-state index in [9.17, 15) is 15.0 Å². The van der Waals surface area contributed by atoms with Gasteiger partial charge in [0.15, 0.2) is 0 Å². The Morgan fingerprint density at radius 3 is 1.32 bits per heavy atom. The van der Waals surface area contributed by atoms with E-state index in [-0.39, 0.29) is 12.5 Å². The predicted octanol–water partition coefficient (Wildman–Crippen LogP) is 13.8. The van der Waals surface area contributed by atoms with Crippen LogP contribution < -0.4 is 5.32 Å². The van der Waals surface area contributed by atoms with Crippen LogP contribution in [0.1, 0.15) is 232 Å². The summed E-state index contributed by atoms with van der Waals surface area (Å²) < 4.78 is 0. The zero-order valence-electron chi connectivity index (χ0n) is 33.7. The average molecular weight is 702 g/mol. The van der Waals surface area contributed by atoms with Crippen LogP contribution in [-0.4, -0.2) is 34.9 Å². The highest BCUT2D eigenvalue weighted by Crippen LogP contribution is 2.16. The van der Waals surface area contributed by atoms with Crippen LogP contribution in [-0.2, 0) is 4.79 Å². The second-order valence-corrected chi connectivity index (χ2v) is 15.1. The van der Waals surface area contributed by atoms with Crippen molar-refractivity contribution in [2.24, 2.45) is 0 Å². The number of carbonyl (C=O) groups excluding carboxylic acids is 1. The molecular formula is C46H87NO3. The number of aliphatic hydroxyl groups excluding tert-OH is 2. The molecular weight excluding hydrogens is 615 g/mol. The zero-order chi connectivity index (χ0) is 36.4. The number of carbonyl (C=O) groups is 1. The fourth-order valence-electron chi connectivity index (χ4n) is 6.79. The highest BCUT2D eigenvalue weighted by Gasteiger charge is 2.20. The van der Waals surface area contributed by atoms with Gasteiger partial charge in [0, 0.05) is 6.42 Å². The summed E-state index contributed by atoms with van der Waals surface area (Å²) >= 11 is 0. The van der Waals surface area contributed by atoms with Gasteiger partial charge in [0.1, 0.15) is 0 Å². The Labute approximate surface area is 312 Å². The molecule has 0 aromatic rings. The van der Waals surface area contributed by atoms with Crippen molar-refractivity contribution in [3.63, 3.8) is 0 Å². The van der Waals surface area contributed by atoms with E-state index in [4.69, 9.17) is 0 Å². The maximum atomic E-state index is 12.4. The minimum Gasteiger partial charge on any atom is -0.394 e. The lowest BCUT2D eigenvalue weighted by Gasteiger charge is -2.22. The van der Waals surface area contributed by atoms with Crippen molar-refractivity contribution >= 4 is 5.91 Å². The average Bonchev–Trinajstić information content (AvgIpc) is 3.12. The predicted molar refractivity (Wildman–Crippen MR) is 221 cm³/mol. The summed E-state index contributed by atoms with van der Waals surface area (Å²) in [5.74, 6) is -0.0476. The second-order valence-electron chi connectivity index (χ2n) is 15.1. The third-order valence-electron chi connectivity index (χ3n) is 10.2. The molecule has 2 atom stereocenters. The fraction of sp³-hybridized carbons (Fsp3) is 0.848. The van der Waals surface area contributed by atoms with Gasteiger partial charge in [-0.25, -0.2) is 0 Å². The molecule has 0 radical (unpaired) electrons. The first kappa shape index (κ1) is 48.6. The third kappa shape index (κ3) is 37.9. The van der Waals surface area contributed by atoms with E-state index in [0.717, 1.165) is 57.8 Å². The largest absolute Gasteiger partial charge is 0.394 e. The van der Waals surface area contributed by atoms with Gasteiger partial charge < -0.3 is 15.5 Å². The van der Waals surface area contributed by atoms with Gasteiger partial charge in [-0.05, 0) is 44.9 Å². The first-order chi connectivity index (χ1) is 24.7. The lowest BCUT2D eigenvalue weighted by atomic mass is 10.0. The topological polar surface area (TPSA) is 69.6 Å². The first-order valence-electron chi connectivity index (χ1n) is 22.2. The van der Waals surface area contributed by atoms with Gasteiger partial charge in [0.25, 0.3) is 0 Å². The molecule has 0 aliphatic rings.